The Morgan fingerprint density at radius 3 is 1.44 bits per heavy atom. The van der Waals surface area contributed by atoms with Crippen LogP contribution in [0.4, 0.5) is 5.69 Å². The summed E-state index contributed by atoms with van der Waals surface area (Å²) in [4.78, 5) is 36.4. The number of ether oxygens (including phenoxy) is 2. The van der Waals surface area contributed by atoms with Gasteiger partial charge in [-0.25, -0.2) is 8.42 Å². The molecule has 10 nitrogen and oxygen atoms in total. The van der Waals surface area contributed by atoms with Gasteiger partial charge in [0.25, 0.3) is 5.69 Å². The second-order valence-electron chi connectivity index (χ2n) is 14.5. The number of hydrogen-bond acceptors (Lipinski definition) is 8. The minimum Gasteiger partial charge on any atom is -0.462 e. The first kappa shape index (κ1) is 47.5. The van der Waals surface area contributed by atoms with E-state index in [-0.39, 0.29) is 47.6 Å². The molecule has 0 fully saturated rings. The summed E-state index contributed by atoms with van der Waals surface area (Å²) >= 11 is 0. The highest BCUT2D eigenvalue weighted by molar-refractivity contribution is 7.89. The molecule has 52 heavy (non-hydrogen) atoms. The van der Waals surface area contributed by atoms with E-state index in [1.807, 2.05) is 6.92 Å². The molecule has 2 atom stereocenters. The van der Waals surface area contributed by atoms with Crippen LogP contribution in [0, 0.1) is 10.1 Å². The zero-order valence-corrected chi connectivity index (χ0v) is 34.1. The van der Waals surface area contributed by atoms with Crippen molar-refractivity contribution in [2.45, 2.75) is 211 Å². The van der Waals surface area contributed by atoms with Crippen LogP contribution in [0.3, 0.4) is 0 Å². The number of unbranched alkanes of at least 4 members (excludes halogenated alkanes) is 12. The standard InChI is InChI=1S/C41H72N2O8S/c1-6-10-13-16-19-26-37(9-4)50-40(44)29-22-24-35(42(5)52(48,49)39-33-31-36(32-34-39)43(46)47)25-23-30-41(45)51-38(27-20-17-14-11-7-2)28-21-18-15-12-8-3/h31-35,37-38H,6-30H2,1-5H3. The number of sulfonamides is 1. The fourth-order valence-electron chi connectivity index (χ4n) is 6.60. The fraction of sp³-hybridized carbons (Fsp3) is 0.805. The van der Waals surface area contributed by atoms with E-state index in [0.717, 1.165) is 64.2 Å². The van der Waals surface area contributed by atoms with Crippen LogP contribution in [0.2, 0.25) is 0 Å². The number of esters is 2. The van der Waals surface area contributed by atoms with Crippen LogP contribution in [-0.4, -0.2) is 54.9 Å². The van der Waals surface area contributed by atoms with Gasteiger partial charge in [0.15, 0.2) is 0 Å². The van der Waals surface area contributed by atoms with Crippen molar-refractivity contribution in [3.8, 4) is 0 Å². The van der Waals surface area contributed by atoms with Crippen molar-refractivity contribution in [2.24, 2.45) is 0 Å². The molecular weight excluding hydrogens is 681 g/mol. The number of nitro benzene ring substituents is 1. The molecule has 0 amide bonds. The maximum absolute atomic E-state index is 13.6. The highest BCUT2D eigenvalue weighted by Gasteiger charge is 2.29. The molecule has 0 saturated carbocycles. The number of non-ortho nitro benzene ring substituents is 1. The molecule has 0 aromatic heterocycles. The lowest BCUT2D eigenvalue weighted by atomic mass is 10.0. The van der Waals surface area contributed by atoms with E-state index in [4.69, 9.17) is 9.47 Å². The summed E-state index contributed by atoms with van der Waals surface area (Å²) in [5.41, 5.74) is -0.193. The molecule has 0 radical (unpaired) electrons. The van der Waals surface area contributed by atoms with Crippen LogP contribution >= 0.6 is 0 Å². The zero-order valence-electron chi connectivity index (χ0n) is 33.3. The van der Waals surface area contributed by atoms with E-state index < -0.39 is 21.0 Å². The fourth-order valence-corrected chi connectivity index (χ4v) is 8.02. The van der Waals surface area contributed by atoms with Gasteiger partial charge < -0.3 is 9.47 Å². The molecular formula is C41H72N2O8S. The molecule has 1 rings (SSSR count). The van der Waals surface area contributed by atoms with Gasteiger partial charge in [0.2, 0.25) is 10.0 Å². The molecule has 0 heterocycles. The van der Waals surface area contributed by atoms with Crippen LogP contribution in [-0.2, 0) is 29.1 Å². The van der Waals surface area contributed by atoms with Gasteiger partial charge in [-0.3, -0.25) is 19.7 Å². The summed E-state index contributed by atoms with van der Waals surface area (Å²) in [6.07, 6.45) is 22.5. The lowest BCUT2D eigenvalue weighted by molar-refractivity contribution is -0.384. The molecule has 0 aliphatic heterocycles. The van der Waals surface area contributed by atoms with Gasteiger partial charge in [0.1, 0.15) is 12.2 Å². The average molecular weight is 753 g/mol. The van der Waals surface area contributed by atoms with Gasteiger partial charge in [-0.1, -0.05) is 105 Å². The minimum absolute atomic E-state index is 0.0464. The normalized spacial score (nSPS) is 13.0. The van der Waals surface area contributed by atoms with Crippen LogP contribution in [0.1, 0.15) is 188 Å². The van der Waals surface area contributed by atoms with Crippen LogP contribution < -0.4 is 0 Å². The number of hydrogen-bond donors (Lipinski definition) is 0. The second kappa shape index (κ2) is 28.9. The maximum atomic E-state index is 13.6. The van der Waals surface area contributed by atoms with E-state index >= 15 is 0 Å². The summed E-state index contributed by atoms with van der Waals surface area (Å²) in [5, 5.41) is 11.1. The molecule has 0 N–H and O–H groups in total. The molecule has 0 saturated heterocycles. The van der Waals surface area contributed by atoms with E-state index in [1.54, 1.807) is 0 Å². The number of nitro groups is 1. The zero-order chi connectivity index (χ0) is 38.6. The number of carbonyl (C=O) groups is 2. The summed E-state index contributed by atoms with van der Waals surface area (Å²) in [6.45, 7) is 8.60. The van der Waals surface area contributed by atoms with E-state index in [2.05, 4.69) is 20.8 Å². The van der Waals surface area contributed by atoms with Crippen molar-refractivity contribution in [3.05, 3.63) is 34.4 Å². The molecule has 0 bridgehead atoms. The molecule has 11 heteroatoms. The van der Waals surface area contributed by atoms with Gasteiger partial charge in [0, 0.05) is 38.1 Å². The molecule has 1 aromatic rings. The molecule has 0 aliphatic carbocycles. The second-order valence-corrected chi connectivity index (χ2v) is 16.4. The third-order valence-corrected chi connectivity index (χ3v) is 11.9. The Bertz CT molecular complexity index is 1190. The summed E-state index contributed by atoms with van der Waals surface area (Å²) in [7, 11) is -2.50. The molecule has 0 aliphatic rings. The highest BCUT2D eigenvalue weighted by atomic mass is 32.2. The Balaban J connectivity index is 2.89. The van der Waals surface area contributed by atoms with Crippen molar-refractivity contribution in [1.82, 2.24) is 4.31 Å². The van der Waals surface area contributed by atoms with Gasteiger partial charge in [-0.2, -0.15) is 4.31 Å². The average Bonchev–Trinajstić information content (AvgIpc) is 3.12. The van der Waals surface area contributed by atoms with Gasteiger partial charge in [0.05, 0.1) is 9.82 Å². The quantitative estimate of drug-likeness (QED) is 0.0300. The molecule has 300 valence electrons. The van der Waals surface area contributed by atoms with Crippen molar-refractivity contribution in [1.29, 1.82) is 0 Å². The Morgan fingerprint density at radius 1 is 0.635 bits per heavy atom. The third-order valence-electron chi connectivity index (χ3n) is 10.0. The summed E-state index contributed by atoms with van der Waals surface area (Å²) in [5.74, 6) is -0.533. The largest absolute Gasteiger partial charge is 0.462 e. The molecule has 1 aromatic carbocycles. The first-order chi connectivity index (χ1) is 25.0. The topological polar surface area (TPSA) is 133 Å². The van der Waals surface area contributed by atoms with E-state index in [0.29, 0.717) is 25.7 Å². The predicted octanol–water partition coefficient (Wildman–Crippen LogP) is 11.2. The summed E-state index contributed by atoms with van der Waals surface area (Å²) < 4.78 is 40.3. The highest BCUT2D eigenvalue weighted by Crippen LogP contribution is 2.25. The molecule has 2 unspecified atom stereocenters. The van der Waals surface area contributed by atoms with E-state index in [1.165, 1.54) is 93.4 Å². The van der Waals surface area contributed by atoms with Crippen molar-refractivity contribution < 1.29 is 32.4 Å². The van der Waals surface area contributed by atoms with Crippen molar-refractivity contribution in [3.63, 3.8) is 0 Å². The van der Waals surface area contributed by atoms with Crippen LogP contribution in [0.25, 0.3) is 0 Å². The van der Waals surface area contributed by atoms with Gasteiger partial charge >= 0.3 is 11.9 Å². The van der Waals surface area contributed by atoms with Crippen LogP contribution in [0.5, 0.6) is 0 Å². The van der Waals surface area contributed by atoms with Crippen molar-refractivity contribution >= 4 is 27.6 Å². The lowest BCUT2D eigenvalue weighted by Crippen LogP contribution is -2.37. The maximum Gasteiger partial charge on any atom is 0.306 e. The lowest BCUT2D eigenvalue weighted by Gasteiger charge is -2.28. The SMILES string of the molecule is CCCCCCCC(CC)OC(=O)CCCC(CCCC(=O)OC(CCCCCCC)CCCCCCC)N(C)S(=O)(=O)c1ccc([N+](=O)[O-])cc1. The Hall–Kier alpha value is -2.53. The van der Waals surface area contributed by atoms with Gasteiger partial charge in [-0.15, -0.1) is 0 Å². The number of benzene rings is 1. The molecule has 0 spiro atoms. The smallest absolute Gasteiger partial charge is 0.306 e. The monoisotopic (exact) mass is 753 g/mol. The first-order valence-corrected chi connectivity index (χ1v) is 22.0. The predicted molar refractivity (Wildman–Crippen MR) is 210 cm³/mol. The van der Waals surface area contributed by atoms with E-state index in [9.17, 15) is 28.1 Å². The minimum atomic E-state index is -4.00. The number of nitrogens with zero attached hydrogens (tertiary/aromatic N) is 2. The Kier molecular flexibility index (Phi) is 26.4. The first-order valence-electron chi connectivity index (χ1n) is 20.6. The third kappa shape index (κ3) is 20.6. The van der Waals surface area contributed by atoms with Crippen LogP contribution in [0.15, 0.2) is 29.2 Å². The van der Waals surface area contributed by atoms with Crippen molar-refractivity contribution in [2.75, 3.05) is 7.05 Å². The Morgan fingerprint density at radius 2 is 1.04 bits per heavy atom. The number of carbonyl (C=O) groups excluding carboxylic acids is 2. The number of rotatable bonds is 33. The van der Waals surface area contributed by atoms with Gasteiger partial charge in [-0.05, 0) is 82.8 Å². The summed E-state index contributed by atoms with van der Waals surface area (Å²) in [6, 6.07) is 4.36. The Labute approximate surface area is 316 Å².